The van der Waals surface area contributed by atoms with Crippen LogP contribution >= 0.6 is 15.9 Å². The van der Waals surface area contributed by atoms with Crippen molar-refractivity contribution in [3.05, 3.63) is 26.3 Å². The highest BCUT2D eigenvalue weighted by Crippen LogP contribution is 2.16. The largest absolute Gasteiger partial charge is 0.377 e. The highest BCUT2D eigenvalue weighted by Gasteiger charge is 2.08. The van der Waals surface area contributed by atoms with Crippen molar-refractivity contribution in [3.8, 4) is 0 Å². The Morgan fingerprint density at radius 2 is 2.06 bits per heavy atom. The van der Waals surface area contributed by atoms with Crippen LogP contribution in [0.4, 0.5) is 0 Å². The molecule has 0 atom stereocenters. The lowest BCUT2D eigenvalue weighted by Gasteiger charge is -2.13. The van der Waals surface area contributed by atoms with Crippen molar-refractivity contribution in [1.29, 1.82) is 0 Å². The molecule has 90 valence electrons. The number of hydrogen-bond donors (Lipinski definition) is 0. The van der Waals surface area contributed by atoms with Crippen molar-refractivity contribution in [2.24, 2.45) is 0 Å². The highest BCUT2D eigenvalue weighted by molar-refractivity contribution is 9.10. The molecule has 0 radical (unpaired) electrons. The second-order valence-electron chi connectivity index (χ2n) is 3.95. The first kappa shape index (κ1) is 13.4. The average Bonchev–Trinajstić information content (AvgIpc) is 2.19. The second kappa shape index (κ2) is 5.59. The Balaban J connectivity index is 2.88. The fraction of sp³-hybridized carbons (Fsp3) is 0.636. The fourth-order valence-corrected chi connectivity index (χ4v) is 1.72. The van der Waals surface area contributed by atoms with Crippen LogP contribution in [-0.4, -0.2) is 22.3 Å². The monoisotopic (exact) mass is 288 g/mol. The number of aromatic nitrogens is 2. The van der Waals surface area contributed by atoms with Crippen molar-refractivity contribution >= 4 is 15.9 Å². The lowest BCUT2D eigenvalue weighted by atomic mass is 10.3. The summed E-state index contributed by atoms with van der Waals surface area (Å²) in [5.74, 6) is 0. The van der Waals surface area contributed by atoms with E-state index in [9.17, 15) is 4.79 Å². The molecule has 0 saturated heterocycles. The molecule has 1 rings (SSSR count). The van der Waals surface area contributed by atoms with Gasteiger partial charge < -0.3 is 4.74 Å². The van der Waals surface area contributed by atoms with E-state index in [1.165, 1.54) is 0 Å². The third kappa shape index (κ3) is 3.15. The van der Waals surface area contributed by atoms with Gasteiger partial charge >= 0.3 is 5.69 Å². The minimum Gasteiger partial charge on any atom is -0.377 e. The van der Waals surface area contributed by atoms with Gasteiger partial charge in [-0.2, -0.15) is 4.98 Å². The fourth-order valence-electron chi connectivity index (χ4n) is 1.42. The molecule has 1 heterocycles. The summed E-state index contributed by atoms with van der Waals surface area (Å²) in [6, 6.07) is 0. The van der Waals surface area contributed by atoms with E-state index in [4.69, 9.17) is 4.74 Å². The van der Waals surface area contributed by atoms with Crippen LogP contribution in [0.2, 0.25) is 0 Å². The van der Waals surface area contributed by atoms with Gasteiger partial charge in [-0.15, -0.1) is 0 Å². The summed E-state index contributed by atoms with van der Waals surface area (Å²) in [7, 11) is 0. The molecule has 4 nitrogen and oxygen atoms in total. The molecular weight excluding hydrogens is 272 g/mol. The van der Waals surface area contributed by atoms with Crippen LogP contribution in [0.15, 0.2) is 9.27 Å². The van der Waals surface area contributed by atoms with Crippen LogP contribution in [0.3, 0.4) is 0 Å². The van der Waals surface area contributed by atoms with E-state index in [1.54, 1.807) is 4.57 Å². The molecule has 0 fully saturated rings. The van der Waals surface area contributed by atoms with Crippen molar-refractivity contribution in [1.82, 2.24) is 9.55 Å². The third-order valence-corrected chi connectivity index (χ3v) is 3.45. The third-order valence-electron chi connectivity index (χ3n) is 2.30. The van der Waals surface area contributed by atoms with Gasteiger partial charge in [-0.05, 0) is 43.6 Å². The zero-order valence-corrected chi connectivity index (χ0v) is 11.7. The lowest BCUT2D eigenvalue weighted by Crippen LogP contribution is -2.28. The van der Waals surface area contributed by atoms with Crippen LogP contribution in [-0.2, 0) is 11.3 Å². The molecule has 0 N–H and O–H groups in total. The summed E-state index contributed by atoms with van der Waals surface area (Å²) in [6.07, 6.45) is 0.179. The minimum atomic E-state index is -0.217. The van der Waals surface area contributed by atoms with Crippen LogP contribution in [0.5, 0.6) is 0 Å². The van der Waals surface area contributed by atoms with E-state index < -0.39 is 0 Å². The summed E-state index contributed by atoms with van der Waals surface area (Å²) in [4.78, 5) is 15.6. The van der Waals surface area contributed by atoms with Gasteiger partial charge in [0.05, 0.1) is 29.4 Å². The summed E-state index contributed by atoms with van der Waals surface area (Å²) in [5, 5.41) is 0. The Hall–Kier alpha value is -0.680. The molecule has 0 spiro atoms. The predicted octanol–water partition coefficient (Wildman–Crippen LogP) is 2.05. The summed E-state index contributed by atoms with van der Waals surface area (Å²) < 4.78 is 7.93. The lowest BCUT2D eigenvalue weighted by molar-refractivity contribution is 0.0717. The normalized spacial score (nSPS) is 11.1. The van der Waals surface area contributed by atoms with Crippen LogP contribution in [0.1, 0.15) is 25.2 Å². The number of ether oxygens (including phenoxy) is 1. The zero-order valence-electron chi connectivity index (χ0n) is 10.1. The van der Waals surface area contributed by atoms with Gasteiger partial charge in [0.25, 0.3) is 0 Å². The van der Waals surface area contributed by atoms with Crippen molar-refractivity contribution < 1.29 is 4.74 Å². The van der Waals surface area contributed by atoms with Gasteiger partial charge in [-0.25, -0.2) is 4.79 Å². The Bertz CT molecular complexity index is 427. The van der Waals surface area contributed by atoms with E-state index in [0.29, 0.717) is 13.2 Å². The first-order chi connectivity index (χ1) is 7.43. The molecule has 0 aliphatic carbocycles. The number of rotatable bonds is 4. The maximum Gasteiger partial charge on any atom is 0.348 e. The van der Waals surface area contributed by atoms with E-state index in [-0.39, 0.29) is 11.8 Å². The average molecular weight is 289 g/mol. The Morgan fingerprint density at radius 1 is 1.44 bits per heavy atom. The van der Waals surface area contributed by atoms with Crippen molar-refractivity contribution in [2.45, 2.75) is 40.3 Å². The Morgan fingerprint density at radius 3 is 2.62 bits per heavy atom. The first-order valence-electron chi connectivity index (χ1n) is 5.28. The standard InChI is InChI=1S/C11H17BrN2O2/c1-7(2)16-6-5-14-9(4)10(12)8(3)13-11(14)15/h7H,5-6H2,1-4H3. The molecule has 0 aliphatic heterocycles. The second-order valence-corrected chi connectivity index (χ2v) is 4.74. The minimum absolute atomic E-state index is 0.179. The maximum absolute atomic E-state index is 11.7. The van der Waals surface area contributed by atoms with Gasteiger partial charge in [0.2, 0.25) is 0 Å². The Labute approximate surface area is 104 Å². The molecule has 0 bridgehead atoms. The van der Waals surface area contributed by atoms with Gasteiger partial charge in [0.15, 0.2) is 0 Å². The molecule has 16 heavy (non-hydrogen) atoms. The Kier molecular flexibility index (Phi) is 4.68. The van der Waals surface area contributed by atoms with E-state index >= 15 is 0 Å². The summed E-state index contributed by atoms with van der Waals surface area (Å²) >= 11 is 3.42. The highest BCUT2D eigenvalue weighted by atomic mass is 79.9. The van der Waals surface area contributed by atoms with E-state index in [2.05, 4.69) is 20.9 Å². The van der Waals surface area contributed by atoms with Gasteiger partial charge in [-0.3, -0.25) is 4.57 Å². The number of nitrogens with zero attached hydrogens (tertiary/aromatic N) is 2. The molecule has 0 saturated carbocycles. The molecule has 0 amide bonds. The topological polar surface area (TPSA) is 44.1 Å². The molecule has 0 unspecified atom stereocenters. The van der Waals surface area contributed by atoms with Gasteiger partial charge in [0, 0.05) is 5.69 Å². The zero-order chi connectivity index (χ0) is 12.3. The van der Waals surface area contributed by atoms with Gasteiger partial charge in [-0.1, -0.05) is 0 Å². The van der Waals surface area contributed by atoms with Crippen LogP contribution in [0.25, 0.3) is 0 Å². The van der Waals surface area contributed by atoms with E-state index in [1.807, 2.05) is 27.7 Å². The molecule has 0 aromatic carbocycles. The maximum atomic E-state index is 11.7. The van der Waals surface area contributed by atoms with Crippen molar-refractivity contribution in [2.75, 3.05) is 6.61 Å². The molecule has 0 aliphatic rings. The smallest absolute Gasteiger partial charge is 0.348 e. The number of aryl methyl sites for hydroxylation is 1. The predicted molar refractivity (Wildman–Crippen MR) is 66.8 cm³/mol. The van der Waals surface area contributed by atoms with Crippen molar-refractivity contribution in [3.63, 3.8) is 0 Å². The number of halogens is 1. The first-order valence-corrected chi connectivity index (χ1v) is 6.08. The summed E-state index contributed by atoms with van der Waals surface area (Å²) in [5.41, 5.74) is 1.40. The van der Waals surface area contributed by atoms with Crippen LogP contribution in [0, 0.1) is 13.8 Å². The van der Waals surface area contributed by atoms with E-state index in [0.717, 1.165) is 15.9 Å². The van der Waals surface area contributed by atoms with Gasteiger partial charge in [0.1, 0.15) is 0 Å². The SMILES string of the molecule is Cc1nc(=O)n(CCOC(C)C)c(C)c1Br. The molecule has 1 aromatic heterocycles. The summed E-state index contributed by atoms with van der Waals surface area (Å²) in [6.45, 7) is 8.71. The van der Waals surface area contributed by atoms with Crippen LogP contribution < -0.4 is 5.69 Å². The molecule has 1 aromatic rings. The molecule has 5 heteroatoms. The molecular formula is C11H17BrN2O2. The number of hydrogen-bond acceptors (Lipinski definition) is 3. The quantitative estimate of drug-likeness (QED) is 0.852.